The van der Waals surface area contributed by atoms with Crippen molar-refractivity contribution in [1.29, 1.82) is 0 Å². The fraction of sp³-hybridized carbons (Fsp3) is 0.839. The van der Waals surface area contributed by atoms with E-state index in [4.69, 9.17) is 14.2 Å². The smallest absolute Gasteiger partial charge is 0.341 e. The number of amides is 2. The topological polar surface area (TPSA) is 132 Å². The maximum absolute atomic E-state index is 13.6. The maximum Gasteiger partial charge on any atom is 0.341 e. The van der Waals surface area contributed by atoms with E-state index in [-0.39, 0.29) is 48.8 Å². The lowest BCUT2D eigenvalue weighted by Crippen LogP contribution is -2.35. The average Bonchev–Trinajstić information content (AvgIpc) is 3.68. The fourth-order valence-electron chi connectivity index (χ4n) is 9.11. The summed E-state index contributed by atoms with van der Waals surface area (Å²) < 4.78 is 17.5. The van der Waals surface area contributed by atoms with Crippen molar-refractivity contribution in [3.8, 4) is 0 Å². The number of ether oxygens (including phenoxy) is 3. The number of carbonyl (C=O) groups excluding carboxylic acids is 5. The Morgan fingerprint density at radius 2 is 1.12 bits per heavy atom. The minimum atomic E-state index is -0.444. The Morgan fingerprint density at radius 3 is 1.72 bits per heavy atom. The van der Waals surface area contributed by atoms with Crippen molar-refractivity contribution in [3.63, 3.8) is 0 Å². The molecule has 2 rings (SSSR count). The normalized spacial score (nSPS) is 13.3. The Bertz CT molecular complexity index is 1510. The first kappa shape index (κ1) is 61.1. The average molecular weight is 974 g/mol. The number of thiophene rings is 1. The molecule has 2 heterocycles. The minimum Gasteiger partial charge on any atom is -0.465 e. The molecule has 2 atom stereocenters. The van der Waals surface area contributed by atoms with Gasteiger partial charge in [-0.3, -0.25) is 19.2 Å². The Morgan fingerprint density at radius 1 is 0.603 bits per heavy atom. The molecule has 1 aromatic heterocycles. The van der Waals surface area contributed by atoms with Crippen LogP contribution in [0, 0.1) is 5.92 Å². The fourth-order valence-corrected chi connectivity index (χ4v) is 10.4. The van der Waals surface area contributed by atoms with Crippen LogP contribution in [-0.4, -0.2) is 86.0 Å². The number of hydrogen-bond acceptors (Lipinski definition) is 10. The Balaban J connectivity index is 1.91. The Hall–Kier alpha value is -2.99. The van der Waals surface area contributed by atoms with Gasteiger partial charge in [0.1, 0.15) is 11.1 Å². The summed E-state index contributed by atoms with van der Waals surface area (Å²) in [6.07, 6.45) is 32.9. The van der Waals surface area contributed by atoms with Crippen LogP contribution < -0.4 is 5.32 Å². The van der Waals surface area contributed by atoms with Gasteiger partial charge in [0.15, 0.2) is 0 Å². The molecular weight excluding hydrogens is 875 g/mol. The highest BCUT2D eigenvalue weighted by Gasteiger charge is 2.31. The van der Waals surface area contributed by atoms with Gasteiger partial charge in [0, 0.05) is 37.2 Å². The largest absolute Gasteiger partial charge is 0.465 e. The Kier molecular flexibility index (Phi) is 35.7. The molecule has 1 aliphatic heterocycles. The number of nitrogens with one attached hydrogen (secondary N) is 1. The molecule has 2 amide bonds. The van der Waals surface area contributed by atoms with Crippen LogP contribution >= 0.6 is 11.3 Å². The van der Waals surface area contributed by atoms with Gasteiger partial charge in [-0.15, -0.1) is 11.3 Å². The monoisotopic (exact) mass is 974 g/mol. The number of unbranched alkanes of at least 4 members (excludes halogenated alkanes) is 19. The summed E-state index contributed by atoms with van der Waals surface area (Å²) in [6.45, 7) is 11.1. The molecule has 0 radical (unpaired) electrons. The van der Waals surface area contributed by atoms with Gasteiger partial charge in [-0.1, -0.05) is 143 Å². The summed E-state index contributed by atoms with van der Waals surface area (Å²) in [5.74, 6) is -0.839. The predicted molar refractivity (Wildman–Crippen MR) is 280 cm³/mol. The highest BCUT2D eigenvalue weighted by Crippen LogP contribution is 2.38. The van der Waals surface area contributed by atoms with Crippen molar-refractivity contribution in [3.05, 3.63) is 16.0 Å². The van der Waals surface area contributed by atoms with E-state index in [0.29, 0.717) is 81.6 Å². The van der Waals surface area contributed by atoms with E-state index in [1.165, 1.54) is 108 Å². The molecule has 0 saturated heterocycles. The molecule has 1 aliphatic rings. The highest BCUT2D eigenvalue weighted by molar-refractivity contribution is 7.17. The summed E-state index contributed by atoms with van der Waals surface area (Å²) in [6, 6.07) is 0. The van der Waals surface area contributed by atoms with Crippen LogP contribution in [0.3, 0.4) is 0 Å². The van der Waals surface area contributed by atoms with E-state index in [1.807, 2.05) is 23.9 Å². The van der Waals surface area contributed by atoms with E-state index >= 15 is 0 Å². The van der Waals surface area contributed by atoms with Crippen LogP contribution in [0.4, 0.5) is 5.00 Å². The van der Waals surface area contributed by atoms with Gasteiger partial charge >= 0.3 is 17.9 Å². The molecule has 1 aromatic rings. The van der Waals surface area contributed by atoms with E-state index in [0.717, 1.165) is 81.2 Å². The van der Waals surface area contributed by atoms with Crippen molar-refractivity contribution in [1.82, 2.24) is 9.80 Å². The molecule has 0 aromatic carbocycles. The molecule has 0 spiro atoms. The van der Waals surface area contributed by atoms with Crippen molar-refractivity contribution < 1.29 is 38.2 Å². The van der Waals surface area contributed by atoms with Crippen molar-refractivity contribution in [2.45, 2.75) is 259 Å². The first-order valence-electron chi connectivity index (χ1n) is 27.9. The zero-order valence-corrected chi connectivity index (χ0v) is 45.1. The zero-order valence-electron chi connectivity index (χ0n) is 44.3. The second-order valence-electron chi connectivity index (χ2n) is 19.9. The lowest BCUT2D eigenvalue weighted by Gasteiger charge is -2.27. The first-order chi connectivity index (χ1) is 33.0. The number of esters is 3. The van der Waals surface area contributed by atoms with Crippen LogP contribution in [0.5, 0.6) is 0 Å². The molecule has 392 valence electrons. The molecule has 0 fully saturated rings. The van der Waals surface area contributed by atoms with E-state index < -0.39 is 5.97 Å². The number of rotatable bonds is 43. The van der Waals surface area contributed by atoms with E-state index in [2.05, 4.69) is 33.0 Å². The number of hydrogen-bond donors (Lipinski definition) is 1. The molecule has 2 unspecified atom stereocenters. The lowest BCUT2D eigenvalue weighted by atomic mass is 9.94. The van der Waals surface area contributed by atoms with E-state index in [1.54, 1.807) is 0 Å². The van der Waals surface area contributed by atoms with Gasteiger partial charge in [-0.25, -0.2) is 4.79 Å². The van der Waals surface area contributed by atoms with Crippen LogP contribution in [0.25, 0.3) is 0 Å². The van der Waals surface area contributed by atoms with Crippen LogP contribution in [0.1, 0.15) is 260 Å². The standard InChI is InChI=1S/C56H99N3O8S/c1-7-11-15-19-21-25-34-46(33-24-17-13-9-3)55(63)65-43-31-23-28-37-50(60)57-54-53(56(64)66-44-32-41-58(5)6)48-40-42-59(45-49(48)68-54)51(61)38-29-30-39-52(62)67-47(35-26-18-14-10-4)36-27-22-20-16-12-8-2/h46-47H,7-45H2,1-6H3,(H,57,60). The van der Waals surface area contributed by atoms with Crippen LogP contribution in [0.2, 0.25) is 0 Å². The molecular formula is C56H99N3O8S. The van der Waals surface area contributed by atoms with Crippen molar-refractivity contribution >= 4 is 46.1 Å². The zero-order chi connectivity index (χ0) is 49.6. The van der Waals surface area contributed by atoms with Gasteiger partial charge in [0.2, 0.25) is 11.8 Å². The predicted octanol–water partition coefficient (Wildman–Crippen LogP) is 14.3. The van der Waals surface area contributed by atoms with Crippen molar-refractivity contribution in [2.75, 3.05) is 45.7 Å². The third-order valence-electron chi connectivity index (χ3n) is 13.4. The number of nitrogens with zero attached hydrogens (tertiary/aromatic N) is 2. The number of carbonyl (C=O) groups is 5. The van der Waals surface area contributed by atoms with Crippen molar-refractivity contribution in [2.24, 2.45) is 5.92 Å². The second kappa shape index (κ2) is 39.7. The molecule has 12 heteroatoms. The molecule has 68 heavy (non-hydrogen) atoms. The summed E-state index contributed by atoms with van der Waals surface area (Å²) >= 11 is 1.36. The third-order valence-corrected chi connectivity index (χ3v) is 14.5. The van der Waals surface area contributed by atoms with E-state index in [9.17, 15) is 24.0 Å². The molecule has 0 saturated carbocycles. The molecule has 1 N–H and O–H groups in total. The molecule has 0 bridgehead atoms. The van der Waals surface area contributed by atoms with Crippen LogP contribution in [-0.2, 0) is 46.4 Å². The van der Waals surface area contributed by atoms with Gasteiger partial charge in [-0.2, -0.15) is 0 Å². The highest BCUT2D eigenvalue weighted by atomic mass is 32.1. The lowest BCUT2D eigenvalue weighted by molar-refractivity contribution is -0.150. The summed E-state index contributed by atoms with van der Waals surface area (Å²) in [7, 11) is 3.96. The molecule has 0 aliphatic carbocycles. The first-order valence-corrected chi connectivity index (χ1v) is 28.8. The van der Waals surface area contributed by atoms with Crippen LogP contribution in [0.15, 0.2) is 0 Å². The summed E-state index contributed by atoms with van der Waals surface area (Å²) in [5.41, 5.74) is 1.26. The second-order valence-corrected chi connectivity index (χ2v) is 21.0. The number of fused-ring (bicyclic) bond motifs is 1. The summed E-state index contributed by atoms with van der Waals surface area (Å²) in [4.78, 5) is 71.2. The minimum absolute atomic E-state index is 0.0132. The van der Waals surface area contributed by atoms with Gasteiger partial charge in [-0.05, 0) is 103 Å². The Labute approximate surface area is 418 Å². The number of anilines is 1. The maximum atomic E-state index is 13.6. The quantitative estimate of drug-likeness (QED) is 0.0386. The summed E-state index contributed by atoms with van der Waals surface area (Å²) in [5, 5.41) is 3.51. The van der Waals surface area contributed by atoms with Gasteiger partial charge < -0.3 is 29.3 Å². The van der Waals surface area contributed by atoms with Gasteiger partial charge in [0.25, 0.3) is 0 Å². The third kappa shape index (κ3) is 28.0. The molecule has 11 nitrogen and oxygen atoms in total. The SMILES string of the molecule is CCCCCCCCC(CCCCCC)OC(=O)CCCCC(=O)N1CCc2c(sc(NC(=O)CCCCCOC(=O)C(CCCCCC)CCCCCCCC)c2C(=O)OCCCN(C)C)C1. The van der Waals surface area contributed by atoms with Gasteiger partial charge in [0.05, 0.1) is 31.2 Å².